The number of aromatic hydroxyl groups is 1. The molecule has 2 aromatic carbocycles. The second-order valence-corrected chi connectivity index (χ2v) is 19.6. The molecule has 3 N–H and O–H groups in total. The summed E-state index contributed by atoms with van der Waals surface area (Å²) in [7, 11) is 0. The number of amides is 2. The number of aliphatic hydroxyl groups excluding tert-OH is 1. The number of piperidine rings is 1. The van der Waals surface area contributed by atoms with Gasteiger partial charge < -0.3 is 34.6 Å². The second kappa shape index (κ2) is 19.2. The average molecular weight is 904 g/mol. The molecule has 4 aliphatic heterocycles. The van der Waals surface area contributed by atoms with E-state index in [1.54, 1.807) is 23.5 Å². The number of likely N-dealkylation sites (tertiary alicyclic amines) is 2. The summed E-state index contributed by atoms with van der Waals surface area (Å²) >= 11 is 1.60. The third kappa shape index (κ3) is 9.63. The number of fused-ring (bicyclic) bond motifs is 3. The molecule has 3 aromatic heterocycles. The maximum Gasteiger partial charge on any atom is 0.254 e. The molecule has 4 aliphatic rings. The quantitative estimate of drug-likeness (QED) is 0.122. The van der Waals surface area contributed by atoms with E-state index < -0.39 is 18.1 Å². The van der Waals surface area contributed by atoms with Crippen LogP contribution in [0.1, 0.15) is 88.0 Å². The van der Waals surface area contributed by atoms with E-state index in [0.29, 0.717) is 35.0 Å². The van der Waals surface area contributed by atoms with Crippen LogP contribution >= 0.6 is 11.3 Å². The summed E-state index contributed by atoms with van der Waals surface area (Å²) in [6, 6.07) is 19.0. The zero-order valence-electron chi connectivity index (χ0n) is 38.0. The van der Waals surface area contributed by atoms with Gasteiger partial charge in [0, 0.05) is 62.9 Å². The predicted molar refractivity (Wildman–Crippen MR) is 249 cm³/mol. The Hall–Kier alpha value is -5.42. The van der Waals surface area contributed by atoms with Gasteiger partial charge in [-0.05, 0) is 99.9 Å². The van der Waals surface area contributed by atoms with E-state index >= 15 is 0 Å². The molecule has 3 saturated heterocycles. The molecule has 65 heavy (non-hydrogen) atoms. The van der Waals surface area contributed by atoms with Crippen molar-refractivity contribution in [3.63, 3.8) is 0 Å². The number of para-hydroxylation sites is 1. The number of benzene rings is 2. The van der Waals surface area contributed by atoms with Crippen LogP contribution in [-0.4, -0.2) is 133 Å². The number of piperazine rings is 1. The monoisotopic (exact) mass is 903 g/mol. The van der Waals surface area contributed by atoms with Gasteiger partial charge >= 0.3 is 0 Å². The van der Waals surface area contributed by atoms with Crippen LogP contribution in [-0.2, 0) is 16.0 Å². The second-order valence-electron chi connectivity index (χ2n) is 18.7. The maximum absolute atomic E-state index is 14.3. The number of carbonyl (C=O) groups is 2. The third-order valence-corrected chi connectivity index (χ3v) is 14.8. The van der Waals surface area contributed by atoms with Gasteiger partial charge in [0.25, 0.3) is 5.88 Å². The molecule has 0 bridgehead atoms. The first-order valence-corrected chi connectivity index (χ1v) is 24.1. The number of phenolic OH excluding ortho intramolecular Hbond substituents is 1. The minimum Gasteiger partial charge on any atom is -0.507 e. The number of nitrogens with one attached hydrogen (secondary N) is 1. The minimum absolute atomic E-state index is 0.0618. The summed E-state index contributed by atoms with van der Waals surface area (Å²) in [4.78, 5) is 42.7. The highest BCUT2D eigenvalue weighted by Crippen LogP contribution is 2.37. The van der Waals surface area contributed by atoms with Crippen molar-refractivity contribution in [2.45, 2.75) is 109 Å². The van der Waals surface area contributed by atoms with Crippen molar-refractivity contribution in [3.8, 4) is 33.3 Å². The molecule has 0 spiro atoms. The number of β-amino-alcohol motifs (C(OH)–C–C–N with tert-alkyl or cyclic N) is 1. The van der Waals surface area contributed by atoms with E-state index in [9.17, 15) is 19.8 Å². The van der Waals surface area contributed by atoms with E-state index in [2.05, 4.69) is 46.4 Å². The molecule has 9 rings (SSSR count). The molecule has 0 aliphatic carbocycles. The smallest absolute Gasteiger partial charge is 0.254 e. The van der Waals surface area contributed by atoms with Gasteiger partial charge in [-0.15, -0.1) is 16.4 Å². The molecule has 5 aromatic rings. The van der Waals surface area contributed by atoms with Crippen molar-refractivity contribution in [2.24, 2.45) is 5.92 Å². The summed E-state index contributed by atoms with van der Waals surface area (Å²) in [5, 5.41) is 37.6. The number of rotatable bonds is 13. The Bertz CT molecular complexity index is 2450. The highest BCUT2D eigenvalue weighted by Gasteiger charge is 2.44. The van der Waals surface area contributed by atoms with E-state index in [1.807, 2.05) is 82.6 Å². The zero-order chi connectivity index (χ0) is 45.4. The summed E-state index contributed by atoms with van der Waals surface area (Å²) in [5.74, 6) is -0.549. The first-order chi connectivity index (χ1) is 31.4. The van der Waals surface area contributed by atoms with Gasteiger partial charge in [0.1, 0.15) is 23.8 Å². The largest absolute Gasteiger partial charge is 0.507 e. The number of nitrogens with zero attached hydrogens (tertiary/aromatic N) is 8. The lowest BCUT2D eigenvalue weighted by atomic mass is 9.91. The lowest BCUT2D eigenvalue weighted by Crippen LogP contribution is -2.59. The fourth-order valence-electron chi connectivity index (χ4n) is 10.4. The molecule has 0 radical (unpaired) electrons. The number of aliphatic hydroxyl groups is 1. The summed E-state index contributed by atoms with van der Waals surface area (Å²) in [6.07, 6.45) is 3.33. The van der Waals surface area contributed by atoms with Crippen molar-refractivity contribution in [1.82, 2.24) is 40.4 Å². The normalized spacial score (nSPS) is 22.0. The predicted octanol–water partition coefficient (Wildman–Crippen LogP) is 6.22. The number of ether oxygens (including phenoxy) is 1. The fraction of sp³-hybridized carbons (Fsp3) is 0.510. The van der Waals surface area contributed by atoms with Crippen LogP contribution in [0, 0.1) is 12.8 Å². The van der Waals surface area contributed by atoms with Gasteiger partial charge in [-0.25, -0.2) is 4.98 Å². The average Bonchev–Trinajstić information content (AvgIpc) is 4.06. The molecular formula is C49H61N9O6S. The lowest BCUT2D eigenvalue weighted by Gasteiger charge is -2.49. The molecule has 6 atom stereocenters. The SMILES string of the molecule is Cc1ncsc1-c1ccc([C@H](C)NC(=O)[C@@H]2C[C@@H](O)CN2C(=O)[C@@H](c2cc(OC(C)CN3CCC(N4CCN5c6cc(-c7ccccc7O)nnc6CC[C@H]5C4)CC3)no2)C(C)C)cc1. The minimum atomic E-state index is -0.821. The highest BCUT2D eigenvalue weighted by molar-refractivity contribution is 7.13. The standard InChI is InChI=1S/C49H61N9O6S/c1-29(2)46(49(62)58-27-37(59)22-42(58)48(61)51-31(4)33-10-12-34(13-11-33)47-32(5)50-28-65-47)44-24-45(54-64-44)63-30(3)25-55-18-16-35(17-19-55)56-20-21-57-36(26-56)14-15-39-41(57)23-40(53-52-39)38-8-6-7-9-43(38)60/h6-13,23-24,28-31,35-37,42,46,59-60H,14-22,25-27H2,1-5H3,(H,51,61)/t30?,31-,36-,37+,42-,46+/m0/s1. The van der Waals surface area contributed by atoms with Gasteiger partial charge in [0.15, 0.2) is 5.76 Å². The van der Waals surface area contributed by atoms with Crippen LogP contribution in [0.4, 0.5) is 5.69 Å². The Morgan fingerprint density at radius 1 is 0.954 bits per heavy atom. The highest BCUT2D eigenvalue weighted by atomic mass is 32.1. The van der Waals surface area contributed by atoms with Crippen molar-refractivity contribution in [3.05, 3.63) is 88.9 Å². The molecule has 3 fully saturated rings. The van der Waals surface area contributed by atoms with Crippen LogP contribution < -0.4 is 15.0 Å². The Balaban J connectivity index is 0.756. The molecule has 7 heterocycles. The number of hydrogen-bond donors (Lipinski definition) is 3. The van der Waals surface area contributed by atoms with Crippen LogP contribution in [0.25, 0.3) is 21.7 Å². The number of hydrogen-bond acceptors (Lipinski definition) is 14. The van der Waals surface area contributed by atoms with Crippen LogP contribution in [0.3, 0.4) is 0 Å². The van der Waals surface area contributed by atoms with E-state index in [1.165, 1.54) is 4.90 Å². The Morgan fingerprint density at radius 2 is 1.74 bits per heavy atom. The van der Waals surface area contributed by atoms with Crippen molar-refractivity contribution in [1.29, 1.82) is 0 Å². The number of aromatic nitrogens is 4. The van der Waals surface area contributed by atoms with Gasteiger partial charge in [0.2, 0.25) is 11.8 Å². The van der Waals surface area contributed by atoms with E-state index in [-0.39, 0.29) is 48.6 Å². The summed E-state index contributed by atoms with van der Waals surface area (Å²) in [5.41, 5.74) is 8.43. The number of anilines is 1. The van der Waals surface area contributed by atoms with Gasteiger partial charge in [-0.3, -0.25) is 19.4 Å². The molecule has 344 valence electrons. The molecule has 1 unspecified atom stereocenters. The Morgan fingerprint density at radius 3 is 2.48 bits per heavy atom. The number of phenols is 1. The van der Waals surface area contributed by atoms with Gasteiger partial charge in [0.05, 0.1) is 45.3 Å². The molecule has 15 nitrogen and oxygen atoms in total. The van der Waals surface area contributed by atoms with E-state index in [0.717, 1.165) is 98.0 Å². The Labute approximate surface area is 384 Å². The fourth-order valence-corrected chi connectivity index (χ4v) is 11.2. The molecule has 16 heteroatoms. The molecular weight excluding hydrogens is 843 g/mol. The Kier molecular flexibility index (Phi) is 13.2. The lowest BCUT2D eigenvalue weighted by molar-refractivity contribution is -0.141. The zero-order valence-corrected chi connectivity index (χ0v) is 38.8. The maximum atomic E-state index is 14.3. The first-order valence-electron chi connectivity index (χ1n) is 23.2. The third-order valence-electron chi connectivity index (χ3n) is 13.9. The molecule has 0 saturated carbocycles. The number of carbonyl (C=O) groups excluding carboxylic acids is 2. The van der Waals surface area contributed by atoms with Crippen LogP contribution in [0.5, 0.6) is 11.6 Å². The van der Waals surface area contributed by atoms with Crippen molar-refractivity contribution in [2.75, 3.05) is 50.7 Å². The topological polar surface area (TPSA) is 174 Å². The van der Waals surface area contributed by atoms with E-state index in [4.69, 9.17) is 9.26 Å². The number of thiazole rings is 1. The first kappa shape index (κ1) is 44.8. The van der Waals surface area contributed by atoms with Crippen LogP contribution in [0.2, 0.25) is 0 Å². The summed E-state index contributed by atoms with van der Waals surface area (Å²) in [6.45, 7) is 15.6. The summed E-state index contributed by atoms with van der Waals surface area (Å²) < 4.78 is 12.1. The van der Waals surface area contributed by atoms with Gasteiger partial charge in [-0.2, -0.15) is 5.10 Å². The molecule has 2 amide bonds. The van der Waals surface area contributed by atoms with Crippen LogP contribution in [0.15, 0.2) is 70.7 Å². The van der Waals surface area contributed by atoms with Gasteiger partial charge in [-0.1, -0.05) is 50.2 Å². The van der Waals surface area contributed by atoms with Crippen molar-refractivity contribution < 1.29 is 29.1 Å². The van der Waals surface area contributed by atoms with Crippen molar-refractivity contribution >= 4 is 28.8 Å². The number of aryl methyl sites for hydroxylation is 2.